The van der Waals surface area contributed by atoms with Gasteiger partial charge in [0, 0.05) is 12.6 Å². The van der Waals surface area contributed by atoms with Crippen LogP contribution in [0.3, 0.4) is 0 Å². The molecule has 0 saturated carbocycles. The van der Waals surface area contributed by atoms with E-state index < -0.39 is 0 Å². The van der Waals surface area contributed by atoms with E-state index in [1.807, 2.05) is 6.92 Å². The molecule has 0 spiro atoms. The van der Waals surface area contributed by atoms with Gasteiger partial charge < -0.3 is 9.84 Å². The first kappa shape index (κ1) is 8.97. The van der Waals surface area contributed by atoms with Crippen molar-refractivity contribution in [2.24, 2.45) is 0 Å². The maximum absolute atomic E-state index is 8.83. The fraction of sp³-hybridized carbons (Fsp3) is 1.00. The zero-order valence-electron chi connectivity index (χ0n) is 7.45. The predicted octanol–water partition coefficient (Wildman–Crippen LogP) is 0.434. The van der Waals surface area contributed by atoms with Crippen molar-refractivity contribution in [1.29, 1.82) is 0 Å². The zero-order chi connectivity index (χ0) is 8.43. The maximum atomic E-state index is 8.83. The van der Waals surface area contributed by atoms with Crippen LogP contribution in [-0.2, 0) is 4.74 Å². The molecule has 1 fully saturated rings. The number of hydrogen-bond donors (Lipinski definition) is 1. The Hall–Kier alpha value is -0.120. The minimum atomic E-state index is 0.0207. The zero-order valence-corrected chi connectivity index (χ0v) is 7.45. The Morgan fingerprint density at radius 2 is 2.27 bits per heavy atom. The number of ether oxygens (including phenoxy) is 1. The van der Waals surface area contributed by atoms with Crippen LogP contribution in [0.15, 0.2) is 0 Å². The highest BCUT2D eigenvalue weighted by Crippen LogP contribution is 2.17. The molecule has 3 heteroatoms. The van der Waals surface area contributed by atoms with Crippen molar-refractivity contribution in [3.63, 3.8) is 0 Å². The molecule has 0 aromatic heterocycles. The van der Waals surface area contributed by atoms with E-state index in [4.69, 9.17) is 9.84 Å². The second-order valence-electron chi connectivity index (χ2n) is 3.33. The Labute approximate surface area is 68.0 Å². The van der Waals surface area contributed by atoms with Crippen molar-refractivity contribution in [3.05, 3.63) is 0 Å². The molecule has 2 atom stereocenters. The van der Waals surface area contributed by atoms with E-state index in [0.717, 1.165) is 6.54 Å². The van der Waals surface area contributed by atoms with E-state index in [0.29, 0.717) is 6.04 Å². The number of aliphatic hydroxyl groups is 1. The van der Waals surface area contributed by atoms with Crippen LogP contribution in [0.4, 0.5) is 0 Å². The third kappa shape index (κ3) is 1.92. The summed E-state index contributed by atoms with van der Waals surface area (Å²) in [6, 6.07) is 0.501. The van der Waals surface area contributed by atoms with Gasteiger partial charge in [-0.15, -0.1) is 0 Å². The summed E-state index contributed by atoms with van der Waals surface area (Å²) in [5.41, 5.74) is 0. The molecule has 11 heavy (non-hydrogen) atoms. The molecule has 0 aromatic rings. The molecule has 1 aliphatic heterocycles. The van der Waals surface area contributed by atoms with Crippen molar-refractivity contribution in [1.82, 2.24) is 4.90 Å². The Morgan fingerprint density at radius 3 is 2.55 bits per heavy atom. The molecule has 3 nitrogen and oxygen atoms in total. The largest absolute Gasteiger partial charge is 0.394 e. The first-order valence-corrected chi connectivity index (χ1v) is 4.17. The van der Waals surface area contributed by atoms with Gasteiger partial charge in [-0.25, -0.2) is 0 Å². The normalized spacial score (nSPS) is 33.5. The summed E-state index contributed by atoms with van der Waals surface area (Å²) in [5.74, 6) is 0. The summed E-state index contributed by atoms with van der Waals surface area (Å²) in [6.07, 6.45) is 0.180. The lowest BCUT2D eigenvalue weighted by Crippen LogP contribution is -2.34. The lowest BCUT2D eigenvalue weighted by molar-refractivity contribution is -0.0129. The summed E-state index contributed by atoms with van der Waals surface area (Å²) < 4.78 is 5.46. The van der Waals surface area contributed by atoms with Crippen LogP contribution in [-0.4, -0.2) is 41.5 Å². The van der Waals surface area contributed by atoms with E-state index in [1.165, 1.54) is 0 Å². The lowest BCUT2D eigenvalue weighted by Gasteiger charge is -2.22. The summed E-state index contributed by atoms with van der Waals surface area (Å²) in [7, 11) is 0. The average molecular weight is 159 g/mol. The molecule has 1 heterocycles. The number of rotatable bonds is 2. The predicted molar refractivity (Wildman–Crippen MR) is 43.3 cm³/mol. The van der Waals surface area contributed by atoms with Crippen molar-refractivity contribution >= 4 is 0 Å². The smallest absolute Gasteiger partial charge is 0.108 e. The molecule has 0 amide bonds. The number of aliphatic hydroxyl groups excluding tert-OH is 1. The van der Waals surface area contributed by atoms with Crippen LogP contribution in [0.1, 0.15) is 20.8 Å². The van der Waals surface area contributed by atoms with E-state index in [1.54, 1.807) is 0 Å². The summed E-state index contributed by atoms with van der Waals surface area (Å²) in [4.78, 5) is 2.24. The van der Waals surface area contributed by atoms with E-state index >= 15 is 0 Å². The minimum Gasteiger partial charge on any atom is -0.394 e. The highest BCUT2D eigenvalue weighted by molar-refractivity contribution is 4.77. The van der Waals surface area contributed by atoms with E-state index in [2.05, 4.69) is 18.7 Å². The maximum Gasteiger partial charge on any atom is 0.108 e. The molecule has 1 rings (SSSR count). The quantitative estimate of drug-likeness (QED) is 0.634. The van der Waals surface area contributed by atoms with Crippen LogP contribution in [0.25, 0.3) is 0 Å². The van der Waals surface area contributed by atoms with E-state index in [9.17, 15) is 0 Å². The second-order valence-corrected chi connectivity index (χ2v) is 3.33. The molecule has 2 unspecified atom stereocenters. The van der Waals surface area contributed by atoms with Gasteiger partial charge in [0.1, 0.15) is 6.23 Å². The monoisotopic (exact) mass is 159 g/mol. The third-order valence-electron chi connectivity index (χ3n) is 2.14. The molecule has 0 aromatic carbocycles. The topological polar surface area (TPSA) is 32.7 Å². The lowest BCUT2D eigenvalue weighted by atomic mass is 10.3. The Morgan fingerprint density at radius 1 is 1.64 bits per heavy atom. The van der Waals surface area contributed by atoms with Gasteiger partial charge >= 0.3 is 0 Å². The molecule has 0 radical (unpaired) electrons. The number of nitrogens with zero attached hydrogens (tertiary/aromatic N) is 1. The molecular weight excluding hydrogens is 142 g/mol. The fourth-order valence-corrected chi connectivity index (χ4v) is 1.51. The third-order valence-corrected chi connectivity index (χ3v) is 2.14. The first-order valence-electron chi connectivity index (χ1n) is 4.17. The molecular formula is C8H17NO2. The van der Waals surface area contributed by atoms with Gasteiger partial charge in [-0.1, -0.05) is 0 Å². The Bertz CT molecular complexity index is 127. The van der Waals surface area contributed by atoms with Crippen LogP contribution >= 0.6 is 0 Å². The Balaban J connectivity index is 2.45. The van der Waals surface area contributed by atoms with E-state index in [-0.39, 0.29) is 18.9 Å². The average Bonchev–Trinajstić information content (AvgIpc) is 2.30. The highest BCUT2D eigenvalue weighted by Gasteiger charge is 2.30. The minimum absolute atomic E-state index is 0.0207. The molecule has 1 aliphatic rings. The summed E-state index contributed by atoms with van der Waals surface area (Å²) in [5, 5.41) is 8.83. The fourth-order valence-electron chi connectivity index (χ4n) is 1.51. The SMILES string of the molecule is CC(C)N1CC(CO)OC1C. The molecule has 66 valence electrons. The van der Waals surface area contributed by atoms with Gasteiger partial charge in [-0.3, -0.25) is 4.90 Å². The number of hydrogen-bond acceptors (Lipinski definition) is 3. The van der Waals surface area contributed by atoms with Crippen LogP contribution in [0.5, 0.6) is 0 Å². The van der Waals surface area contributed by atoms with Crippen LogP contribution in [0, 0.1) is 0 Å². The molecule has 0 bridgehead atoms. The van der Waals surface area contributed by atoms with Crippen molar-refractivity contribution in [2.45, 2.75) is 39.1 Å². The van der Waals surface area contributed by atoms with Gasteiger partial charge in [0.05, 0.1) is 12.7 Å². The van der Waals surface area contributed by atoms with Crippen molar-refractivity contribution < 1.29 is 9.84 Å². The molecule has 0 aliphatic carbocycles. The van der Waals surface area contributed by atoms with Crippen LogP contribution in [0.2, 0.25) is 0 Å². The highest BCUT2D eigenvalue weighted by atomic mass is 16.5. The van der Waals surface area contributed by atoms with Gasteiger partial charge in [0.2, 0.25) is 0 Å². The van der Waals surface area contributed by atoms with Gasteiger partial charge in [0.15, 0.2) is 0 Å². The van der Waals surface area contributed by atoms with Gasteiger partial charge in [-0.2, -0.15) is 0 Å². The van der Waals surface area contributed by atoms with Crippen molar-refractivity contribution in [2.75, 3.05) is 13.2 Å². The second kappa shape index (κ2) is 3.52. The first-order chi connectivity index (χ1) is 5.15. The molecule has 1 N–H and O–H groups in total. The van der Waals surface area contributed by atoms with Gasteiger partial charge in [0.25, 0.3) is 0 Å². The van der Waals surface area contributed by atoms with Crippen molar-refractivity contribution in [3.8, 4) is 0 Å². The molecule has 1 saturated heterocycles. The Kier molecular flexibility index (Phi) is 2.87. The summed E-state index contributed by atoms with van der Waals surface area (Å²) in [6.45, 7) is 7.29. The van der Waals surface area contributed by atoms with Crippen LogP contribution < -0.4 is 0 Å². The summed E-state index contributed by atoms with van der Waals surface area (Å²) >= 11 is 0. The van der Waals surface area contributed by atoms with Gasteiger partial charge in [-0.05, 0) is 20.8 Å². The standard InChI is InChI=1S/C8H17NO2/c1-6(2)9-4-8(5-10)11-7(9)3/h6-8,10H,4-5H2,1-3H3.